The smallest absolute Gasteiger partial charge is 0.486 e. The van der Waals surface area contributed by atoms with Crippen LogP contribution in [0.3, 0.4) is 0 Å². The summed E-state index contributed by atoms with van der Waals surface area (Å²) in [6.45, 7) is -0.345. The molecule has 0 bridgehead atoms. The van der Waals surface area contributed by atoms with Gasteiger partial charge in [-0.2, -0.15) is 8.62 Å². The predicted octanol–water partition coefficient (Wildman–Crippen LogP) is 2.69. The van der Waals surface area contributed by atoms with Crippen molar-refractivity contribution in [1.82, 2.24) is 24.5 Å². The second kappa shape index (κ2) is 13.0. The van der Waals surface area contributed by atoms with Gasteiger partial charge in [0.1, 0.15) is 43.0 Å². The van der Waals surface area contributed by atoms with Crippen LogP contribution in [0.5, 0.6) is 17.2 Å². The minimum atomic E-state index is -5.83. The Kier molecular flexibility index (Phi) is 9.14. The van der Waals surface area contributed by atoms with Gasteiger partial charge in [-0.25, -0.2) is 33.6 Å². The van der Waals surface area contributed by atoms with Crippen LogP contribution in [0.2, 0.25) is 0 Å². The normalized spacial score (nSPS) is 23.2. The summed E-state index contributed by atoms with van der Waals surface area (Å²) >= 11 is 3.45. The summed E-state index contributed by atoms with van der Waals surface area (Å²) in [6.07, 6.45) is -3.41. The zero-order valence-electron chi connectivity index (χ0n) is 24.8. The van der Waals surface area contributed by atoms with Crippen molar-refractivity contribution in [3.63, 3.8) is 0 Å². The zero-order chi connectivity index (χ0) is 35.6. The van der Waals surface area contributed by atoms with E-state index < -0.39 is 54.6 Å². The minimum Gasteiger partial charge on any atom is -0.486 e. The first-order valence-corrected chi connectivity index (χ1v) is 19.4. The van der Waals surface area contributed by atoms with Gasteiger partial charge in [0.05, 0.1) is 24.0 Å². The molecule has 3 aromatic heterocycles. The van der Waals surface area contributed by atoms with Crippen molar-refractivity contribution in [1.29, 1.82) is 0 Å². The molecule has 50 heavy (non-hydrogen) atoms. The van der Waals surface area contributed by atoms with Crippen molar-refractivity contribution in [2.45, 2.75) is 24.5 Å². The standard InChI is InChI=1S/C25H24BrN6O15P3/c26-11-1-2-14-12(5-11)21(13-6-16-17(7-15(13)31-14)42-4-3-41-16)45-22-18(8-43-49(37,38)47-50(39,40)46-48(34,35)36)44-25(20(22)33)32-10-30-19-23(27)28-9-29-24(19)32/h1-2,5-7,9-10,18,20,22,25,33H,3-4,8H2,(H,37,38)(H,39,40)(H2,27,28,29)(H2,34,35,36)/t18-,20-,22-,25-/m1/s1. The molecule has 25 heteroatoms. The van der Waals surface area contributed by atoms with Gasteiger partial charge < -0.3 is 49.4 Å². The number of nitrogens with zero attached hydrogens (tertiary/aromatic N) is 5. The Morgan fingerprint density at radius 1 is 0.940 bits per heavy atom. The highest BCUT2D eigenvalue weighted by Crippen LogP contribution is 2.66. The lowest BCUT2D eigenvalue weighted by atomic mass is 10.1. The van der Waals surface area contributed by atoms with Crippen LogP contribution < -0.4 is 19.9 Å². The van der Waals surface area contributed by atoms with E-state index in [1.54, 1.807) is 30.3 Å². The van der Waals surface area contributed by atoms with E-state index in [4.69, 9.17) is 44.0 Å². The second-order valence-corrected chi connectivity index (χ2v) is 16.1. The summed E-state index contributed by atoms with van der Waals surface area (Å²) < 4.78 is 74.3. The number of hydrogen-bond acceptors (Lipinski definition) is 16. The number of nitrogens with two attached hydrogens (primary N) is 1. The molecule has 266 valence electrons. The number of anilines is 1. The van der Waals surface area contributed by atoms with Gasteiger partial charge in [0.15, 0.2) is 35.3 Å². The lowest BCUT2D eigenvalue weighted by Gasteiger charge is -2.25. The van der Waals surface area contributed by atoms with E-state index in [0.29, 0.717) is 44.4 Å². The summed E-state index contributed by atoms with van der Waals surface area (Å²) in [5, 5.41) is 12.7. The number of ether oxygens (including phenoxy) is 4. The highest BCUT2D eigenvalue weighted by Gasteiger charge is 2.49. The van der Waals surface area contributed by atoms with Crippen LogP contribution in [0.25, 0.3) is 33.0 Å². The molecule has 0 aliphatic carbocycles. The molecule has 7 rings (SSSR count). The van der Waals surface area contributed by atoms with Gasteiger partial charge in [0, 0.05) is 21.3 Å². The monoisotopic (exact) mass is 820 g/mol. The van der Waals surface area contributed by atoms with Gasteiger partial charge in [-0.05, 0) is 24.3 Å². The minimum absolute atomic E-state index is 0.0353. The van der Waals surface area contributed by atoms with E-state index >= 15 is 0 Å². The third-order valence-corrected chi connectivity index (χ3v) is 11.7. The number of rotatable bonds is 10. The number of aliphatic hydroxyl groups excluding tert-OH is 1. The zero-order valence-corrected chi connectivity index (χ0v) is 29.1. The molecule has 21 nitrogen and oxygen atoms in total. The number of pyridine rings is 1. The fraction of sp³-hybridized carbons (Fsp3) is 0.280. The van der Waals surface area contributed by atoms with Crippen LogP contribution in [0, 0.1) is 0 Å². The number of aromatic nitrogens is 5. The van der Waals surface area contributed by atoms with Crippen LogP contribution in [0.15, 0.2) is 47.5 Å². The fourth-order valence-electron chi connectivity index (χ4n) is 5.43. The van der Waals surface area contributed by atoms with Crippen molar-refractivity contribution in [3.8, 4) is 17.2 Å². The molecule has 1 fully saturated rings. The number of aliphatic hydroxyl groups is 1. The Morgan fingerprint density at radius 2 is 1.66 bits per heavy atom. The molecular formula is C25H24BrN6O15P3. The fourth-order valence-corrected chi connectivity index (χ4v) is 8.83. The molecule has 0 amide bonds. The topological polar surface area (TPSA) is 299 Å². The maximum atomic E-state index is 12.7. The van der Waals surface area contributed by atoms with Crippen molar-refractivity contribution >= 4 is 78.2 Å². The van der Waals surface area contributed by atoms with Gasteiger partial charge >= 0.3 is 23.5 Å². The Balaban J connectivity index is 1.29. The Morgan fingerprint density at radius 3 is 2.40 bits per heavy atom. The van der Waals surface area contributed by atoms with Gasteiger partial charge in [0.25, 0.3) is 0 Å². The average molecular weight is 821 g/mol. The molecule has 2 aromatic carbocycles. The third kappa shape index (κ3) is 7.08. The number of imidazole rings is 1. The van der Waals surface area contributed by atoms with E-state index in [-0.39, 0.29) is 29.3 Å². The molecule has 5 aromatic rings. The third-order valence-electron chi connectivity index (χ3n) is 7.39. The van der Waals surface area contributed by atoms with E-state index in [1.165, 1.54) is 10.9 Å². The number of benzene rings is 2. The molecule has 5 heterocycles. The Bertz CT molecular complexity index is 2290. The number of hydrogen-bond donors (Lipinski definition) is 6. The lowest BCUT2D eigenvalue weighted by molar-refractivity contribution is -0.0496. The molecule has 0 radical (unpaired) electrons. The predicted molar refractivity (Wildman–Crippen MR) is 172 cm³/mol. The summed E-state index contributed by atoms with van der Waals surface area (Å²) in [7, 11) is -17.1. The molecule has 0 saturated carbocycles. The Labute approximate surface area is 287 Å². The van der Waals surface area contributed by atoms with Crippen molar-refractivity contribution in [3.05, 3.63) is 47.5 Å². The van der Waals surface area contributed by atoms with E-state index in [0.717, 1.165) is 6.33 Å². The number of nitrogen functional groups attached to an aromatic ring is 1. The van der Waals surface area contributed by atoms with E-state index in [9.17, 15) is 28.6 Å². The van der Waals surface area contributed by atoms with Crippen LogP contribution in [0.1, 0.15) is 6.23 Å². The summed E-state index contributed by atoms with van der Waals surface area (Å²) in [5.74, 6) is 1.07. The summed E-state index contributed by atoms with van der Waals surface area (Å²) in [4.78, 5) is 54.5. The van der Waals surface area contributed by atoms with Crippen molar-refractivity contribution in [2.24, 2.45) is 0 Å². The van der Waals surface area contributed by atoms with Gasteiger partial charge in [-0.15, -0.1) is 0 Å². The largest absolute Gasteiger partial charge is 0.490 e. The lowest BCUT2D eigenvalue weighted by Crippen LogP contribution is -2.39. The number of phosphoric ester groups is 1. The first-order valence-electron chi connectivity index (χ1n) is 14.1. The molecule has 6 atom stereocenters. The van der Waals surface area contributed by atoms with Gasteiger partial charge in [-0.3, -0.25) is 9.09 Å². The molecule has 2 aliphatic rings. The maximum Gasteiger partial charge on any atom is 0.490 e. The van der Waals surface area contributed by atoms with Crippen molar-refractivity contribution in [2.75, 3.05) is 25.6 Å². The highest BCUT2D eigenvalue weighted by atomic mass is 79.9. The number of halogens is 1. The molecule has 1 saturated heterocycles. The van der Waals surface area contributed by atoms with Crippen LogP contribution in [0.4, 0.5) is 5.82 Å². The quantitative estimate of drug-likeness (QED) is 0.0871. The summed E-state index contributed by atoms with van der Waals surface area (Å²) in [5.41, 5.74) is 7.18. The average Bonchev–Trinajstić information content (AvgIpc) is 3.59. The second-order valence-electron chi connectivity index (χ2n) is 10.7. The van der Waals surface area contributed by atoms with Gasteiger partial charge in [-0.1, -0.05) is 15.9 Å². The number of phosphoric acid groups is 3. The van der Waals surface area contributed by atoms with Crippen LogP contribution in [-0.2, 0) is 31.6 Å². The number of fused-ring (bicyclic) bond motifs is 4. The molecule has 0 spiro atoms. The SMILES string of the molecule is Nc1ncnc2c1ncn2[C@@H]1O[C@H](COP(=O)(O)OP(=O)(O)OP(=O)(O)O)[C@@H](Oc2c3cc(Br)ccc3nc3cc4c(cc23)OCCO4)[C@H]1O. The van der Waals surface area contributed by atoms with Crippen molar-refractivity contribution < 1.29 is 70.5 Å². The first-order chi connectivity index (χ1) is 23.6. The molecule has 2 aliphatic heterocycles. The van der Waals surface area contributed by atoms with Crippen LogP contribution in [-0.4, -0.2) is 87.3 Å². The van der Waals surface area contributed by atoms with E-state index in [2.05, 4.69) is 39.5 Å². The first kappa shape index (κ1) is 35.1. The van der Waals surface area contributed by atoms with Crippen LogP contribution >= 0.6 is 39.4 Å². The maximum absolute atomic E-state index is 12.7. The highest BCUT2D eigenvalue weighted by molar-refractivity contribution is 9.10. The van der Waals surface area contributed by atoms with Gasteiger partial charge in [0.2, 0.25) is 0 Å². The van der Waals surface area contributed by atoms with E-state index in [1.807, 2.05) is 0 Å². The summed E-state index contributed by atoms with van der Waals surface area (Å²) in [6, 6.07) is 8.52. The molecule has 2 unspecified atom stereocenters. The molecular weight excluding hydrogens is 797 g/mol. The molecule has 7 N–H and O–H groups in total. The Hall–Kier alpha value is -3.33.